The van der Waals surface area contributed by atoms with E-state index in [-0.39, 0.29) is 12.7 Å². The number of carbonyl (C=O) groups is 2. The molecule has 1 saturated heterocycles. The van der Waals surface area contributed by atoms with E-state index in [0.29, 0.717) is 19.1 Å². The number of amides is 1. The van der Waals surface area contributed by atoms with Gasteiger partial charge in [-0.1, -0.05) is 0 Å². The molecule has 1 amide bonds. The summed E-state index contributed by atoms with van der Waals surface area (Å²) in [7, 11) is 0. The van der Waals surface area contributed by atoms with Crippen LogP contribution in [0.4, 0.5) is 4.79 Å². The van der Waals surface area contributed by atoms with E-state index in [4.69, 9.17) is 9.47 Å². The molecular formula is C13H23NO4. The summed E-state index contributed by atoms with van der Waals surface area (Å²) in [4.78, 5) is 23.8. The highest BCUT2D eigenvalue weighted by atomic mass is 16.6. The predicted molar refractivity (Wildman–Crippen MR) is 67.4 cm³/mol. The Labute approximate surface area is 108 Å². The summed E-state index contributed by atoms with van der Waals surface area (Å²) in [5, 5.41) is 0. The second kappa shape index (κ2) is 6.73. The molecule has 104 valence electrons. The molecule has 0 aliphatic carbocycles. The van der Waals surface area contributed by atoms with Gasteiger partial charge in [-0.3, -0.25) is 0 Å². The van der Waals surface area contributed by atoms with Gasteiger partial charge >= 0.3 is 6.09 Å². The first kappa shape index (κ1) is 15.0. The number of hydrogen-bond donors (Lipinski definition) is 0. The van der Waals surface area contributed by atoms with Crippen LogP contribution in [-0.2, 0) is 14.3 Å². The Hall–Kier alpha value is -1.10. The summed E-state index contributed by atoms with van der Waals surface area (Å²) in [6.45, 7) is 7.62. The van der Waals surface area contributed by atoms with Crippen molar-refractivity contribution in [1.82, 2.24) is 4.90 Å². The fourth-order valence-corrected chi connectivity index (χ4v) is 1.98. The Morgan fingerprint density at radius 2 is 2.17 bits per heavy atom. The summed E-state index contributed by atoms with van der Waals surface area (Å²) in [6.07, 6.45) is 2.46. The molecule has 0 aromatic carbocycles. The maximum atomic E-state index is 11.9. The van der Waals surface area contributed by atoms with Crippen molar-refractivity contribution in [1.29, 1.82) is 0 Å². The van der Waals surface area contributed by atoms with Crippen LogP contribution in [-0.4, -0.2) is 49.2 Å². The molecule has 0 spiro atoms. The number of aldehydes is 1. The van der Waals surface area contributed by atoms with Gasteiger partial charge in [0, 0.05) is 19.0 Å². The van der Waals surface area contributed by atoms with Crippen LogP contribution >= 0.6 is 0 Å². The van der Waals surface area contributed by atoms with Gasteiger partial charge in [-0.2, -0.15) is 0 Å². The number of piperidine rings is 1. The molecule has 0 radical (unpaired) electrons. The average Bonchev–Trinajstić information content (AvgIpc) is 2.27. The van der Waals surface area contributed by atoms with Gasteiger partial charge < -0.3 is 19.2 Å². The fourth-order valence-electron chi connectivity index (χ4n) is 1.98. The third kappa shape index (κ3) is 5.49. The number of carbonyl (C=O) groups excluding carboxylic acids is 2. The van der Waals surface area contributed by atoms with Crippen molar-refractivity contribution in [2.45, 2.75) is 39.2 Å². The molecule has 0 aromatic rings. The number of ether oxygens (including phenoxy) is 2. The summed E-state index contributed by atoms with van der Waals surface area (Å²) < 4.78 is 10.5. The van der Waals surface area contributed by atoms with E-state index in [0.717, 1.165) is 25.7 Å². The van der Waals surface area contributed by atoms with E-state index in [1.54, 1.807) is 4.90 Å². The van der Waals surface area contributed by atoms with Crippen LogP contribution in [0.5, 0.6) is 0 Å². The molecule has 5 nitrogen and oxygen atoms in total. The lowest BCUT2D eigenvalue weighted by atomic mass is 9.99. The average molecular weight is 257 g/mol. The topological polar surface area (TPSA) is 55.8 Å². The molecule has 1 rings (SSSR count). The molecule has 0 aromatic heterocycles. The number of nitrogens with zero attached hydrogens (tertiary/aromatic N) is 1. The monoisotopic (exact) mass is 257 g/mol. The zero-order valence-corrected chi connectivity index (χ0v) is 11.5. The van der Waals surface area contributed by atoms with Gasteiger partial charge in [-0.25, -0.2) is 4.79 Å². The van der Waals surface area contributed by atoms with Crippen LogP contribution < -0.4 is 0 Å². The second-order valence-corrected chi connectivity index (χ2v) is 5.64. The van der Waals surface area contributed by atoms with Crippen molar-refractivity contribution >= 4 is 12.4 Å². The van der Waals surface area contributed by atoms with Crippen LogP contribution in [0.3, 0.4) is 0 Å². The first-order valence-corrected chi connectivity index (χ1v) is 6.41. The molecule has 1 heterocycles. The van der Waals surface area contributed by atoms with E-state index >= 15 is 0 Å². The van der Waals surface area contributed by atoms with Crippen molar-refractivity contribution in [2.75, 3.05) is 26.3 Å². The number of likely N-dealkylation sites (tertiary alicyclic amines) is 1. The quantitative estimate of drug-likeness (QED) is 0.569. The maximum Gasteiger partial charge on any atom is 0.410 e. The smallest absolute Gasteiger partial charge is 0.410 e. The zero-order valence-electron chi connectivity index (χ0n) is 11.5. The van der Waals surface area contributed by atoms with Crippen LogP contribution in [0, 0.1) is 5.92 Å². The minimum atomic E-state index is -0.460. The highest BCUT2D eigenvalue weighted by molar-refractivity contribution is 5.68. The number of hydrogen-bond acceptors (Lipinski definition) is 4. The number of rotatable bonds is 4. The van der Waals surface area contributed by atoms with Gasteiger partial charge in [-0.15, -0.1) is 0 Å². The summed E-state index contributed by atoms with van der Waals surface area (Å²) in [5.41, 5.74) is -0.460. The first-order chi connectivity index (χ1) is 8.42. The van der Waals surface area contributed by atoms with Crippen LogP contribution in [0.2, 0.25) is 0 Å². The molecule has 0 N–H and O–H groups in total. The van der Waals surface area contributed by atoms with E-state index < -0.39 is 5.60 Å². The molecule has 1 aliphatic heterocycles. The van der Waals surface area contributed by atoms with Gasteiger partial charge in [0.05, 0.1) is 6.61 Å². The van der Waals surface area contributed by atoms with E-state index in [1.807, 2.05) is 20.8 Å². The Morgan fingerprint density at radius 3 is 2.78 bits per heavy atom. The van der Waals surface area contributed by atoms with E-state index in [2.05, 4.69) is 0 Å². The molecule has 18 heavy (non-hydrogen) atoms. The fraction of sp³-hybridized carbons (Fsp3) is 0.846. The normalized spacial score (nSPS) is 20.6. The van der Waals surface area contributed by atoms with Crippen molar-refractivity contribution in [3.05, 3.63) is 0 Å². The molecule has 0 bridgehead atoms. The van der Waals surface area contributed by atoms with Crippen molar-refractivity contribution in [3.8, 4) is 0 Å². The van der Waals surface area contributed by atoms with E-state index in [1.165, 1.54) is 0 Å². The minimum Gasteiger partial charge on any atom is -0.444 e. The molecule has 0 saturated carbocycles. The van der Waals surface area contributed by atoms with E-state index in [9.17, 15) is 9.59 Å². The predicted octanol–water partition coefficient (Wildman–Crippen LogP) is 1.85. The Balaban J connectivity index is 2.38. The lowest BCUT2D eigenvalue weighted by Crippen LogP contribution is -2.43. The van der Waals surface area contributed by atoms with Gasteiger partial charge in [0.2, 0.25) is 0 Å². The van der Waals surface area contributed by atoms with Crippen molar-refractivity contribution in [3.63, 3.8) is 0 Å². The highest BCUT2D eigenvalue weighted by Gasteiger charge is 2.27. The SMILES string of the molecule is CC(C)(C)OC(=O)N1CCC[C@H](COCC=O)C1. The first-order valence-electron chi connectivity index (χ1n) is 6.41. The summed E-state index contributed by atoms with van der Waals surface area (Å²) in [5.74, 6) is 0.297. The van der Waals surface area contributed by atoms with Crippen LogP contribution in [0.25, 0.3) is 0 Å². The highest BCUT2D eigenvalue weighted by Crippen LogP contribution is 2.19. The minimum absolute atomic E-state index is 0.128. The molecule has 1 atom stereocenters. The largest absolute Gasteiger partial charge is 0.444 e. The molecule has 5 heteroatoms. The molecule has 0 unspecified atom stereocenters. The van der Waals surface area contributed by atoms with Gasteiger partial charge in [0.15, 0.2) is 0 Å². The zero-order chi connectivity index (χ0) is 13.6. The van der Waals surface area contributed by atoms with Crippen LogP contribution in [0.1, 0.15) is 33.6 Å². The Bertz CT molecular complexity index is 285. The lowest BCUT2D eigenvalue weighted by molar-refractivity contribution is -0.112. The van der Waals surface area contributed by atoms with Gasteiger partial charge in [0.1, 0.15) is 18.5 Å². The maximum absolute atomic E-state index is 11.9. The molecule has 1 fully saturated rings. The summed E-state index contributed by atoms with van der Waals surface area (Å²) in [6, 6.07) is 0. The third-order valence-electron chi connectivity index (χ3n) is 2.71. The van der Waals surface area contributed by atoms with Gasteiger partial charge in [-0.05, 0) is 33.6 Å². The molecule has 1 aliphatic rings. The van der Waals surface area contributed by atoms with Crippen LogP contribution in [0.15, 0.2) is 0 Å². The summed E-state index contributed by atoms with van der Waals surface area (Å²) >= 11 is 0. The standard InChI is InChI=1S/C13H23NO4/c1-13(2,3)18-12(16)14-6-4-5-11(9-14)10-17-8-7-15/h7,11H,4-6,8-10H2,1-3H3/t11-/m0/s1. The Kier molecular flexibility index (Phi) is 5.59. The second-order valence-electron chi connectivity index (χ2n) is 5.64. The van der Waals surface area contributed by atoms with Crippen molar-refractivity contribution < 1.29 is 19.1 Å². The lowest BCUT2D eigenvalue weighted by Gasteiger charge is -2.33. The molecular weight excluding hydrogens is 234 g/mol. The third-order valence-corrected chi connectivity index (χ3v) is 2.71. The van der Waals surface area contributed by atoms with Gasteiger partial charge in [0.25, 0.3) is 0 Å². The Morgan fingerprint density at radius 1 is 1.44 bits per heavy atom. The van der Waals surface area contributed by atoms with Crippen molar-refractivity contribution in [2.24, 2.45) is 5.92 Å².